The third kappa shape index (κ3) is 44.1. The zero-order valence-corrected chi connectivity index (χ0v) is 64.5. The number of amides is 1. The number of allylic oxidation sites excluding steroid dienone is 10. The first-order chi connectivity index (χ1) is 50.3. The van der Waals surface area contributed by atoms with Gasteiger partial charge < -0.3 is 89.9 Å². The van der Waals surface area contributed by atoms with Gasteiger partial charge in [0, 0.05) is 6.42 Å². The van der Waals surface area contributed by atoms with Crippen molar-refractivity contribution < 1.29 is 89.4 Å². The number of rotatable bonds is 67. The highest BCUT2D eigenvalue weighted by Crippen LogP contribution is 2.33. The second-order valence-corrected chi connectivity index (χ2v) is 29.9. The van der Waals surface area contributed by atoms with Crippen molar-refractivity contribution >= 4 is 5.91 Å². The van der Waals surface area contributed by atoms with Crippen molar-refractivity contribution in [2.75, 3.05) is 26.4 Å². The lowest BCUT2D eigenvalue weighted by Crippen LogP contribution is -2.66. The summed E-state index contributed by atoms with van der Waals surface area (Å²) in [6.45, 7) is 1.73. The first kappa shape index (κ1) is 94.7. The van der Waals surface area contributed by atoms with Gasteiger partial charge in [-0.1, -0.05) is 331 Å². The van der Waals surface area contributed by atoms with Gasteiger partial charge in [0.2, 0.25) is 5.91 Å². The van der Waals surface area contributed by atoms with Crippen molar-refractivity contribution in [2.45, 2.75) is 439 Å². The summed E-state index contributed by atoms with van der Waals surface area (Å²) in [5.41, 5.74) is 0. The Morgan fingerprint density at radius 3 is 1.05 bits per heavy atom. The molecule has 3 saturated heterocycles. The third-order valence-electron chi connectivity index (χ3n) is 20.9. The van der Waals surface area contributed by atoms with Crippen LogP contribution in [0.1, 0.15) is 335 Å². The molecule has 0 spiro atoms. The predicted octanol–water partition coefficient (Wildman–Crippen LogP) is 14.6. The molecular formula is C84H153NO18. The van der Waals surface area contributed by atoms with Crippen LogP contribution in [-0.4, -0.2) is 193 Å². The van der Waals surface area contributed by atoms with Crippen LogP contribution in [-0.2, 0) is 33.2 Å². The van der Waals surface area contributed by atoms with Gasteiger partial charge in [0.05, 0.1) is 38.6 Å². The smallest absolute Gasteiger partial charge is 0.220 e. The fraction of sp³-hybridized carbons (Fsp3) is 0.869. The van der Waals surface area contributed by atoms with E-state index < -0.39 is 124 Å². The van der Waals surface area contributed by atoms with Crippen molar-refractivity contribution in [2.24, 2.45) is 0 Å². The lowest BCUT2D eigenvalue weighted by Gasteiger charge is -2.48. The Kier molecular flexibility index (Phi) is 59.1. The molecule has 0 bridgehead atoms. The number of hydrogen-bond donors (Lipinski definition) is 12. The van der Waals surface area contributed by atoms with Gasteiger partial charge in [0.25, 0.3) is 0 Å². The topological polar surface area (TPSA) is 307 Å². The van der Waals surface area contributed by atoms with Crippen LogP contribution in [0.4, 0.5) is 0 Å². The van der Waals surface area contributed by atoms with E-state index in [1.165, 1.54) is 218 Å². The first-order valence-electron chi connectivity index (χ1n) is 42.0. The number of aliphatic hydroxyl groups is 11. The van der Waals surface area contributed by atoms with Gasteiger partial charge in [-0.25, -0.2) is 0 Å². The summed E-state index contributed by atoms with van der Waals surface area (Å²) in [5, 5.41) is 121. The zero-order chi connectivity index (χ0) is 74.6. The highest BCUT2D eigenvalue weighted by atomic mass is 16.8. The molecule has 0 aromatic carbocycles. The van der Waals surface area contributed by atoms with Gasteiger partial charge in [0.1, 0.15) is 73.2 Å². The number of aliphatic hydroxyl groups excluding tert-OH is 11. The minimum absolute atomic E-state index is 0.244. The molecular weight excluding hydrogens is 1310 g/mol. The van der Waals surface area contributed by atoms with E-state index in [4.69, 9.17) is 28.4 Å². The molecule has 19 nitrogen and oxygen atoms in total. The summed E-state index contributed by atoms with van der Waals surface area (Å²) in [5.74, 6) is -0.244. The summed E-state index contributed by atoms with van der Waals surface area (Å²) in [7, 11) is 0. The molecule has 3 heterocycles. The SMILES string of the molecule is CC/C=C\C/C=C\C/C=C\C/C=C\C/C=C\CCCCCCCCCCCCCC(=O)NC(COC1OC(CO)C(OC2OC(CO)C(OC3OC(CO)C(O)C(O)C3O)C(O)C2O)C(O)C1O)C(O)CCCCCCCCCCCCCCCCCCCCCCCCCCCCCCCCC. The number of carbonyl (C=O) groups is 1. The Balaban J connectivity index is 1.35. The van der Waals surface area contributed by atoms with Crippen LogP contribution in [0.5, 0.6) is 0 Å². The molecule has 602 valence electrons. The van der Waals surface area contributed by atoms with Crippen LogP contribution in [0, 0.1) is 0 Å². The lowest BCUT2D eigenvalue weighted by atomic mass is 9.96. The Labute approximate surface area is 624 Å². The number of unbranched alkanes of at least 4 members (excludes halogenated alkanes) is 41. The lowest BCUT2D eigenvalue weighted by molar-refractivity contribution is -0.379. The fourth-order valence-electron chi connectivity index (χ4n) is 14.2. The van der Waals surface area contributed by atoms with Crippen LogP contribution >= 0.6 is 0 Å². The molecule has 103 heavy (non-hydrogen) atoms. The molecule has 1 amide bonds. The average molecular weight is 1470 g/mol. The minimum atomic E-state index is -1.98. The average Bonchev–Trinajstić information content (AvgIpc) is 0.781. The molecule has 3 rings (SSSR count). The summed E-state index contributed by atoms with van der Waals surface area (Å²) in [6, 6.07) is -0.894. The first-order valence-corrected chi connectivity index (χ1v) is 42.0. The molecule has 3 aliphatic rings. The third-order valence-corrected chi connectivity index (χ3v) is 20.9. The molecule has 3 aliphatic heterocycles. The van der Waals surface area contributed by atoms with Gasteiger partial charge in [-0.15, -0.1) is 0 Å². The fourth-order valence-corrected chi connectivity index (χ4v) is 14.2. The number of carbonyl (C=O) groups excluding carboxylic acids is 1. The molecule has 0 saturated carbocycles. The van der Waals surface area contributed by atoms with Gasteiger partial charge in [-0.05, 0) is 57.8 Å². The Morgan fingerprint density at radius 1 is 0.359 bits per heavy atom. The number of nitrogens with one attached hydrogen (secondary N) is 1. The van der Waals surface area contributed by atoms with Gasteiger partial charge in [-0.2, -0.15) is 0 Å². The van der Waals surface area contributed by atoms with E-state index in [-0.39, 0.29) is 18.9 Å². The summed E-state index contributed by atoms with van der Waals surface area (Å²) in [4.78, 5) is 13.5. The molecule has 0 aliphatic carbocycles. The van der Waals surface area contributed by atoms with E-state index in [1.54, 1.807) is 0 Å². The Morgan fingerprint density at radius 2 is 0.670 bits per heavy atom. The standard InChI is InChI=1S/C84H153NO18/c1-3-5-7-9-11-13-15-17-19-21-23-25-27-29-31-32-33-34-36-37-39-41-43-45-47-49-51-53-55-57-59-61-68(89)67(85-72(90)62-60-58-56-54-52-50-48-46-44-42-40-38-35-30-28-26-24-22-20-18-16-14-12-10-8-6-4-2)66-98-82-78(96)75(93)80(70(64-87)100-82)103-84-79(97)76(94)81(71(65-88)101-84)102-83-77(95)74(92)73(91)69(63-86)99-83/h6,8,12,14,18,20,24,26,30,35,67-71,73-84,86-89,91-97H,3-5,7,9-11,13,15-17,19,21-23,25,27-29,31-34,36-66H2,1-2H3,(H,85,90)/b8-6-,14-12-,20-18-,26-24-,35-30-. The normalized spacial score (nSPS) is 26.3. The van der Waals surface area contributed by atoms with Crippen LogP contribution in [0.25, 0.3) is 0 Å². The van der Waals surface area contributed by atoms with Crippen molar-refractivity contribution in [1.29, 1.82) is 0 Å². The van der Waals surface area contributed by atoms with E-state index >= 15 is 0 Å². The summed E-state index contributed by atoms with van der Waals surface area (Å²) >= 11 is 0. The van der Waals surface area contributed by atoms with Gasteiger partial charge in [-0.3, -0.25) is 4.79 Å². The monoisotopic (exact) mass is 1460 g/mol. The molecule has 0 aromatic rings. The maximum Gasteiger partial charge on any atom is 0.220 e. The van der Waals surface area contributed by atoms with Gasteiger partial charge >= 0.3 is 0 Å². The molecule has 12 N–H and O–H groups in total. The maximum atomic E-state index is 13.5. The summed E-state index contributed by atoms with van der Waals surface area (Å²) in [6.07, 6.45) is 56.0. The Hall–Kier alpha value is -2.51. The molecule has 19 heteroatoms. The van der Waals surface area contributed by atoms with Crippen molar-refractivity contribution in [3.63, 3.8) is 0 Å². The molecule has 0 aromatic heterocycles. The number of ether oxygens (including phenoxy) is 6. The second-order valence-electron chi connectivity index (χ2n) is 29.9. The summed E-state index contributed by atoms with van der Waals surface area (Å²) < 4.78 is 34.6. The molecule has 17 atom stereocenters. The van der Waals surface area contributed by atoms with Crippen LogP contribution in [0.3, 0.4) is 0 Å². The minimum Gasteiger partial charge on any atom is -0.394 e. The van der Waals surface area contributed by atoms with E-state index in [2.05, 4.69) is 79.9 Å². The highest BCUT2D eigenvalue weighted by Gasteiger charge is 2.54. The number of hydrogen-bond acceptors (Lipinski definition) is 18. The molecule has 0 radical (unpaired) electrons. The quantitative estimate of drug-likeness (QED) is 0.0199. The van der Waals surface area contributed by atoms with Crippen LogP contribution in [0.2, 0.25) is 0 Å². The van der Waals surface area contributed by atoms with E-state index in [9.17, 15) is 61.0 Å². The highest BCUT2D eigenvalue weighted by molar-refractivity contribution is 5.76. The maximum absolute atomic E-state index is 13.5. The van der Waals surface area contributed by atoms with Crippen LogP contribution < -0.4 is 5.32 Å². The molecule has 17 unspecified atom stereocenters. The Bertz CT molecular complexity index is 2090. The van der Waals surface area contributed by atoms with E-state index in [0.29, 0.717) is 12.8 Å². The zero-order valence-electron chi connectivity index (χ0n) is 64.5. The second kappa shape index (κ2) is 64.3. The van der Waals surface area contributed by atoms with E-state index in [0.717, 1.165) is 83.5 Å². The van der Waals surface area contributed by atoms with Crippen molar-refractivity contribution in [1.82, 2.24) is 5.32 Å². The molecule has 3 fully saturated rings. The van der Waals surface area contributed by atoms with Gasteiger partial charge in [0.15, 0.2) is 18.9 Å². The predicted molar refractivity (Wildman–Crippen MR) is 411 cm³/mol. The van der Waals surface area contributed by atoms with E-state index in [1.807, 2.05) is 0 Å². The van der Waals surface area contributed by atoms with Crippen LogP contribution in [0.15, 0.2) is 60.8 Å². The van der Waals surface area contributed by atoms with Crippen molar-refractivity contribution in [3.05, 3.63) is 60.8 Å². The van der Waals surface area contributed by atoms with Crippen molar-refractivity contribution in [3.8, 4) is 0 Å². The largest absolute Gasteiger partial charge is 0.394 e.